The first-order valence-corrected chi connectivity index (χ1v) is 5.84. The van der Waals surface area contributed by atoms with E-state index in [4.69, 9.17) is 4.74 Å². The topological polar surface area (TPSA) is 72.7 Å². The number of hydrogen-bond acceptors (Lipinski definition) is 5. The molecule has 0 aliphatic rings. The lowest BCUT2D eigenvalue weighted by atomic mass is 10.3. The minimum atomic E-state index is -0.459. The molecule has 0 fully saturated rings. The Morgan fingerprint density at radius 3 is 3.12 bits per heavy atom. The molecule has 0 aliphatic carbocycles. The Balaban J connectivity index is 1.90. The van der Waals surface area contributed by atoms with Crippen LogP contribution in [0.2, 0.25) is 0 Å². The van der Waals surface area contributed by atoms with Crippen molar-refractivity contribution in [2.24, 2.45) is 0 Å². The van der Waals surface area contributed by atoms with Gasteiger partial charge in [0.2, 0.25) is 0 Å². The first kappa shape index (κ1) is 11.6. The largest absolute Gasteiger partial charge is 0.455 e. The van der Waals surface area contributed by atoms with Gasteiger partial charge in [0, 0.05) is 24.8 Å². The predicted molar refractivity (Wildman–Crippen MR) is 61.8 cm³/mol. The zero-order valence-electron chi connectivity index (χ0n) is 9.17. The second-order valence-electron chi connectivity index (χ2n) is 3.34. The Labute approximate surface area is 101 Å². The highest BCUT2D eigenvalue weighted by atomic mass is 32.1. The molecule has 0 saturated carbocycles. The molecule has 2 heterocycles. The van der Waals surface area contributed by atoms with Crippen LogP contribution in [-0.4, -0.2) is 34.9 Å². The maximum atomic E-state index is 11.4. The molecule has 1 N–H and O–H groups in total. The van der Waals surface area contributed by atoms with Crippen LogP contribution in [-0.2, 0) is 20.7 Å². The Morgan fingerprint density at radius 2 is 2.41 bits per heavy atom. The summed E-state index contributed by atoms with van der Waals surface area (Å²) in [7, 11) is 1.49. The van der Waals surface area contributed by atoms with Gasteiger partial charge in [0.1, 0.15) is 0 Å². The van der Waals surface area contributed by atoms with Crippen LogP contribution in [0.15, 0.2) is 17.8 Å². The van der Waals surface area contributed by atoms with E-state index < -0.39 is 5.97 Å². The standard InChI is InChI=1S/C10H11N3O3S/c1-11-8(14)6-16-9(15)4-7-5-13-2-3-17-10(13)12-7/h2-3,5H,4,6H2,1H3,(H,11,14). The molecule has 0 aliphatic heterocycles. The van der Waals surface area contributed by atoms with E-state index in [9.17, 15) is 9.59 Å². The lowest BCUT2D eigenvalue weighted by Gasteiger charge is -2.01. The van der Waals surface area contributed by atoms with Crippen molar-refractivity contribution < 1.29 is 14.3 Å². The summed E-state index contributed by atoms with van der Waals surface area (Å²) in [6.45, 7) is -0.252. The maximum absolute atomic E-state index is 11.4. The van der Waals surface area contributed by atoms with E-state index in [1.807, 2.05) is 16.0 Å². The van der Waals surface area contributed by atoms with Crippen molar-refractivity contribution in [3.8, 4) is 0 Å². The van der Waals surface area contributed by atoms with Gasteiger partial charge in [-0.3, -0.25) is 14.0 Å². The SMILES string of the molecule is CNC(=O)COC(=O)Cc1cn2ccsc2n1. The summed E-state index contributed by atoms with van der Waals surface area (Å²) < 4.78 is 6.61. The van der Waals surface area contributed by atoms with Crippen molar-refractivity contribution in [3.63, 3.8) is 0 Å². The molecule has 0 saturated heterocycles. The average Bonchev–Trinajstić information content (AvgIpc) is 2.86. The van der Waals surface area contributed by atoms with Crippen molar-refractivity contribution in [1.82, 2.24) is 14.7 Å². The molecule has 6 nitrogen and oxygen atoms in total. The van der Waals surface area contributed by atoms with Gasteiger partial charge in [-0.15, -0.1) is 11.3 Å². The molecule has 90 valence electrons. The smallest absolute Gasteiger partial charge is 0.312 e. The van der Waals surface area contributed by atoms with Crippen molar-refractivity contribution in [1.29, 1.82) is 0 Å². The van der Waals surface area contributed by atoms with Crippen LogP contribution in [0, 0.1) is 0 Å². The molecule has 0 atom stereocenters. The third kappa shape index (κ3) is 2.82. The van der Waals surface area contributed by atoms with E-state index in [0.717, 1.165) is 4.96 Å². The van der Waals surface area contributed by atoms with Crippen LogP contribution in [0.5, 0.6) is 0 Å². The quantitative estimate of drug-likeness (QED) is 0.791. The number of ether oxygens (including phenoxy) is 1. The molecular weight excluding hydrogens is 242 g/mol. The summed E-state index contributed by atoms with van der Waals surface area (Å²) in [6.07, 6.45) is 3.71. The Bertz CT molecular complexity index is 517. The summed E-state index contributed by atoms with van der Waals surface area (Å²) in [5, 5.41) is 4.28. The van der Waals surface area contributed by atoms with Gasteiger partial charge in [0.15, 0.2) is 11.6 Å². The summed E-state index contributed by atoms with van der Waals surface area (Å²) in [5.41, 5.74) is 0.638. The second-order valence-corrected chi connectivity index (χ2v) is 4.21. The Morgan fingerprint density at radius 1 is 1.59 bits per heavy atom. The fourth-order valence-corrected chi connectivity index (χ4v) is 2.00. The number of amides is 1. The van der Waals surface area contributed by atoms with E-state index >= 15 is 0 Å². The van der Waals surface area contributed by atoms with Gasteiger partial charge in [-0.1, -0.05) is 0 Å². The van der Waals surface area contributed by atoms with Crippen LogP contribution in [0.4, 0.5) is 0 Å². The molecule has 2 aromatic heterocycles. The number of esters is 1. The number of carbonyl (C=O) groups excluding carboxylic acids is 2. The zero-order valence-corrected chi connectivity index (χ0v) is 9.99. The lowest BCUT2D eigenvalue weighted by Crippen LogP contribution is -2.25. The van der Waals surface area contributed by atoms with E-state index in [-0.39, 0.29) is 18.9 Å². The van der Waals surface area contributed by atoms with Gasteiger partial charge in [0.05, 0.1) is 12.1 Å². The number of likely N-dealkylation sites (N-methyl/N-ethyl adjacent to an activating group) is 1. The molecule has 0 radical (unpaired) electrons. The molecule has 0 unspecified atom stereocenters. The molecule has 1 amide bonds. The van der Waals surface area contributed by atoms with E-state index in [2.05, 4.69) is 10.3 Å². The number of thiazole rings is 1. The highest BCUT2D eigenvalue weighted by Gasteiger charge is 2.10. The van der Waals surface area contributed by atoms with Crippen molar-refractivity contribution in [2.75, 3.05) is 13.7 Å². The van der Waals surface area contributed by atoms with Gasteiger partial charge in [-0.05, 0) is 0 Å². The van der Waals surface area contributed by atoms with Gasteiger partial charge in [-0.25, -0.2) is 4.98 Å². The maximum Gasteiger partial charge on any atom is 0.312 e. The highest BCUT2D eigenvalue weighted by Crippen LogP contribution is 2.11. The summed E-state index contributed by atoms with van der Waals surface area (Å²) in [4.78, 5) is 27.3. The molecule has 0 spiro atoms. The number of hydrogen-bond donors (Lipinski definition) is 1. The fourth-order valence-electron chi connectivity index (χ4n) is 1.28. The van der Waals surface area contributed by atoms with Crippen LogP contribution >= 0.6 is 11.3 Å². The molecule has 0 bridgehead atoms. The van der Waals surface area contributed by atoms with Gasteiger partial charge in [0.25, 0.3) is 5.91 Å². The minimum absolute atomic E-state index is 0.0748. The van der Waals surface area contributed by atoms with Crippen molar-refractivity contribution >= 4 is 28.2 Å². The molecule has 17 heavy (non-hydrogen) atoms. The Kier molecular flexibility index (Phi) is 3.38. The molecule has 0 aromatic carbocycles. The van der Waals surface area contributed by atoms with Crippen LogP contribution in [0.25, 0.3) is 4.96 Å². The van der Waals surface area contributed by atoms with Crippen LogP contribution < -0.4 is 5.32 Å². The summed E-state index contributed by atoms with van der Waals surface area (Å²) >= 11 is 1.49. The highest BCUT2D eigenvalue weighted by molar-refractivity contribution is 7.15. The number of nitrogens with zero attached hydrogens (tertiary/aromatic N) is 2. The monoisotopic (exact) mass is 253 g/mol. The van der Waals surface area contributed by atoms with E-state index in [1.165, 1.54) is 18.4 Å². The fraction of sp³-hybridized carbons (Fsp3) is 0.300. The van der Waals surface area contributed by atoms with E-state index in [0.29, 0.717) is 5.69 Å². The second kappa shape index (κ2) is 4.96. The third-order valence-electron chi connectivity index (χ3n) is 2.11. The predicted octanol–water partition coefficient (Wildman–Crippen LogP) is 0.227. The van der Waals surface area contributed by atoms with Crippen LogP contribution in [0.1, 0.15) is 5.69 Å². The molecule has 2 rings (SSSR count). The number of fused-ring (bicyclic) bond motifs is 1. The Hall–Kier alpha value is -1.89. The first-order valence-electron chi connectivity index (χ1n) is 4.96. The number of carbonyl (C=O) groups is 2. The lowest BCUT2D eigenvalue weighted by molar-refractivity contribution is -0.147. The number of imidazole rings is 1. The number of aromatic nitrogens is 2. The van der Waals surface area contributed by atoms with Gasteiger partial charge < -0.3 is 10.1 Å². The van der Waals surface area contributed by atoms with E-state index in [1.54, 1.807) is 6.20 Å². The normalized spacial score (nSPS) is 10.4. The molecule has 2 aromatic rings. The van der Waals surface area contributed by atoms with Gasteiger partial charge in [-0.2, -0.15) is 0 Å². The zero-order chi connectivity index (χ0) is 12.3. The molecule has 7 heteroatoms. The summed E-state index contributed by atoms with van der Waals surface area (Å²) in [5.74, 6) is -0.788. The van der Waals surface area contributed by atoms with Crippen molar-refractivity contribution in [2.45, 2.75) is 6.42 Å². The average molecular weight is 253 g/mol. The molecular formula is C10H11N3O3S. The third-order valence-corrected chi connectivity index (χ3v) is 2.88. The number of nitrogens with one attached hydrogen (secondary N) is 1. The van der Waals surface area contributed by atoms with Gasteiger partial charge >= 0.3 is 5.97 Å². The summed E-state index contributed by atoms with van der Waals surface area (Å²) in [6, 6.07) is 0. The van der Waals surface area contributed by atoms with Crippen LogP contribution in [0.3, 0.4) is 0 Å². The minimum Gasteiger partial charge on any atom is -0.455 e. The number of rotatable bonds is 4. The van der Waals surface area contributed by atoms with Crippen molar-refractivity contribution in [3.05, 3.63) is 23.5 Å². The first-order chi connectivity index (χ1) is 8.19.